The van der Waals surface area contributed by atoms with E-state index in [0.29, 0.717) is 6.04 Å². The van der Waals surface area contributed by atoms with Gasteiger partial charge in [0, 0.05) is 18.0 Å². The van der Waals surface area contributed by atoms with Crippen molar-refractivity contribution in [3.63, 3.8) is 0 Å². The Bertz CT molecular complexity index is 194. The molecule has 0 saturated heterocycles. The van der Waals surface area contributed by atoms with Crippen LogP contribution >= 0.6 is 0 Å². The Morgan fingerprint density at radius 2 is 2.29 bits per heavy atom. The minimum absolute atomic E-state index is 0.160. The summed E-state index contributed by atoms with van der Waals surface area (Å²) in [5.41, 5.74) is 5.85. The maximum Gasteiger partial charge on any atom is 0.223 e. The van der Waals surface area contributed by atoms with Crippen molar-refractivity contribution in [3.8, 4) is 0 Å². The molecule has 3 unspecified atom stereocenters. The third kappa shape index (κ3) is 3.29. The monoisotopic (exact) mass is 198 g/mol. The first-order valence-electron chi connectivity index (χ1n) is 5.69. The summed E-state index contributed by atoms with van der Waals surface area (Å²) < 4.78 is 0. The lowest BCUT2D eigenvalue weighted by Gasteiger charge is -2.26. The van der Waals surface area contributed by atoms with Gasteiger partial charge in [-0.2, -0.15) is 0 Å². The number of carbonyl (C=O) groups is 1. The SMILES string of the molecule is CCC(C)NC(=O)C1CCCC(N)C1. The summed E-state index contributed by atoms with van der Waals surface area (Å²) in [6.07, 6.45) is 5.04. The van der Waals surface area contributed by atoms with Gasteiger partial charge in [0.1, 0.15) is 0 Å². The van der Waals surface area contributed by atoms with Gasteiger partial charge in [-0.05, 0) is 32.6 Å². The fraction of sp³-hybridized carbons (Fsp3) is 0.909. The van der Waals surface area contributed by atoms with Crippen LogP contribution in [0.4, 0.5) is 0 Å². The Morgan fingerprint density at radius 3 is 2.86 bits per heavy atom. The lowest BCUT2D eigenvalue weighted by Crippen LogP contribution is -2.41. The third-order valence-corrected chi connectivity index (χ3v) is 3.09. The van der Waals surface area contributed by atoms with E-state index in [0.717, 1.165) is 32.1 Å². The number of carbonyl (C=O) groups excluding carboxylic acids is 1. The van der Waals surface area contributed by atoms with Crippen LogP contribution in [0.25, 0.3) is 0 Å². The first-order chi connectivity index (χ1) is 6.63. The molecule has 0 aliphatic heterocycles. The van der Waals surface area contributed by atoms with Gasteiger partial charge in [0.15, 0.2) is 0 Å². The molecule has 0 radical (unpaired) electrons. The van der Waals surface area contributed by atoms with Crippen LogP contribution < -0.4 is 11.1 Å². The maximum absolute atomic E-state index is 11.7. The highest BCUT2D eigenvalue weighted by atomic mass is 16.1. The standard InChI is InChI=1S/C11H22N2O/c1-3-8(2)13-11(14)9-5-4-6-10(12)7-9/h8-10H,3-7,12H2,1-2H3,(H,13,14). The Hall–Kier alpha value is -0.570. The summed E-state index contributed by atoms with van der Waals surface area (Å²) in [6.45, 7) is 4.12. The number of rotatable bonds is 3. The number of nitrogens with two attached hydrogens (primary N) is 1. The highest BCUT2D eigenvalue weighted by molar-refractivity contribution is 5.79. The maximum atomic E-state index is 11.7. The normalized spacial score (nSPS) is 29.6. The largest absolute Gasteiger partial charge is 0.353 e. The molecule has 3 nitrogen and oxygen atoms in total. The van der Waals surface area contributed by atoms with Crippen LogP contribution in [0.1, 0.15) is 46.0 Å². The van der Waals surface area contributed by atoms with E-state index in [1.54, 1.807) is 0 Å². The first-order valence-corrected chi connectivity index (χ1v) is 5.69. The van der Waals surface area contributed by atoms with Gasteiger partial charge in [-0.25, -0.2) is 0 Å². The quantitative estimate of drug-likeness (QED) is 0.720. The van der Waals surface area contributed by atoms with Gasteiger partial charge in [-0.15, -0.1) is 0 Å². The van der Waals surface area contributed by atoms with Crippen LogP contribution in [0.3, 0.4) is 0 Å². The van der Waals surface area contributed by atoms with E-state index in [1.165, 1.54) is 0 Å². The summed E-state index contributed by atoms with van der Waals surface area (Å²) in [4.78, 5) is 11.7. The van der Waals surface area contributed by atoms with Crippen molar-refractivity contribution >= 4 is 5.91 Å². The van der Waals surface area contributed by atoms with Crippen molar-refractivity contribution in [1.29, 1.82) is 0 Å². The second-order valence-corrected chi connectivity index (χ2v) is 4.44. The zero-order chi connectivity index (χ0) is 10.6. The van der Waals surface area contributed by atoms with E-state index in [4.69, 9.17) is 5.73 Å². The van der Waals surface area contributed by atoms with Crippen molar-refractivity contribution in [2.45, 2.75) is 58.0 Å². The zero-order valence-electron chi connectivity index (χ0n) is 9.25. The molecular weight excluding hydrogens is 176 g/mol. The molecule has 1 amide bonds. The average Bonchev–Trinajstić information content (AvgIpc) is 2.17. The van der Waals surface area contributed by atoms with Crippen molar-refractivity contribution < 1.29 is 4.79 Å². The summed E-state index contributed by atoms with van der Waals surface area (Å²) in [5.74, 6) is 0.363. The predicted octanol–water partition coefficient (Wildman–Crippen LogP) is 1.42. The smallest absolute Gasteiger partial charge is 0.223 e. The lowest BCUT2D eigenvalue weighted by molar-refractivity contribution is -0.126. The molecule has 1 fully saturated rings. The summed E-state index contributed by atoms with van der Waals surface area (Å²) in [6, 6.07) is 0.525. The fourth-order valence-corrected chi connectivity index (χ4v) is 1.93. The van der Waals surface area contributed by atoms with Crippen LogP contribution in [0.5, 0.6) is 0 Å². The van der Waals surface area contributed by atoms with Crippen molar-refractivity contribution in [3.05, 3.63) is 0 Å². The van der Waals surface area contributed by atoms with Gasteiger partial charge in [-0.3, -0.25) is 4.79 Å². The van der Waals surface area contributed by atoms with Gasteiger partial charge in [-0.1, -0.05) is 13.3 Å². The van der Waals surface area contributed by atoms with Crippen LogP contribution in [0.15, 0.2) is 0 Å². The first kappa shape index (κ1) is 11.5. The van der Waals surface area contributed by atoms with E-state index in [-0.39, 0.29) is 17.9 Å². The molecule has 0 spiro atoms. The Labute approximate surface area is 86.4 Å². The second-order valence-electron chi connectivity index (χ2n) is 4.44. The third-order valence-electron chi connectivity index (χ3n) is 3.09. The number of hydrogen-bond donors (Lipinski definition) is 2. The van der Waals surface area contributed by atoms with Crippen LogP contribution in [-0.4, -0.2) is 18.0 Å². The molecule has 1 rings (SSSR count). The van der Waals surface area contributed by atoms with Crippen molar-refractivity contribution in [2.24, 2.45) is 11.7 Å². The number of nitrogens with one attached hydrogen (secondary N) is 1. The molecule has 1 aliphatic rings. The van der Waals surface area contributed by atoms with Gasteiger partial charge in [0.25, 0.3) is 0 Å². The van der Waals surface area contributed by atoms with Gasteiger partial charge < -0.3 is 11.1 Å². The van der Waals surface area contributed by atoms with E-state index < -0.39 is 0 Å². The molecule has 0 aromatic carbocycles. The Morgan fingerprint density at radius 1 is 1.57 bits per heavy atom. The summed E-state index contributed by atoms with van der Waals surface area (Å²) >= 11 is 0. The topological polar surface area (TPSA) is 55.1 Å². The van der Waals surface area contributed by atoms with Crippen molar-refractivity contribution in [2.75, 3.05) is 0 Å². The van der Waals surface area contributed by atoms with Crippen LogP contribution in [-0.2, 0) is 4.79 Å². The summed E-state index contributed by atoms with van der Waals surface area (Å²) in [7, 11) is 0. The molecule has 3 atom stereocenters. The lowest BCUT2D eigenvalue weighted by atomic mass is 9.85. The second kappa shape index (κ2) is 5.35. The molecule has 1 aliphatic carbocycles. The van der Waals surface area contributed by atoms with E-state index in [2.05, 4.69) is 12.2 Å². The number of hydrogen-bond acceptors (Lipinski definition) is 2. The molecule has 0 bridgehead atoms. The summed E-state index contributed by atoms with van der Waals surface area (Å²) in [5, 5.41) is 3.03. The van der Waals surface area contributed by atoms with E-state index in [1.807, 2.05) is 6.92 Å². The molecule has 1 saturated carbocycles. The van der Waals surface area contributed by atoms with Gasteiger partial charge in [0.2, 0.25) is 5.91 Å². The van der Waals surface area contributed by atoms with Crippen LogP contribution in [0, 0.1) is 5.92 Å². The van der Waals surface area contributed by atoms with E-state index in [9.17, 15) is 4.79 Å². The zero-order valence-corrected chi connectivity index (χ0v) is 9.25. The minimum atomic E-state index is 0.160. The van der Waals surface area contributed by atoms with Gasteiger partial charge in [0.05, 0.1) is 0 Å². The highest BCUT2D eigenvalue weighted by Crippen LogP contribution is 2.23. The Balaban J connectivity index is 2.36. The number of amides is 1. The predicted molar refractivity (Wildman–Crippen MR) is 57.8 cm³/mol. The van der Waals surface area contributed by atoms with Crippen LogP contribution in [0.2, 0.25) is 0 Å². The molecule has 0 aromatic rings. The minimum Gasteiger partial charge on any atom is -0.353 e. The van der Waals surface area contributed by atoms with E-state index >= 15 is 0 Å². The molecule has 3 heteroatoms. The molecule has 3 N–H and O–H groups in total. The molecule has 14 heavy (non-hydrogen) atoms. The highest BCUT2D eigenvalue weighted by Gasteiger charge is 2.25. The fourth-order valence-electron chi connectivity index (χ4n) is 1.93. The molecule has 0 aromatic heterocycles. The van der Waals surface area contributed by atoms with Gasteiger partial charge >= 0.3 is 0 Å². The average molecular weight is 198 g/mol. The van der Waals surface area contributed by atoms with Crippen molar-refractivity contribution in [1.82, 2.24) is 5.32 Å². The molecule has 82 valence electrons. The molecule has 0 heterocycles. The molecular formula is C11H22N2O. The Kier molecular flexibility index (Phi) is 4.39.